The molecular weight excluding hydrogens is 348 g/mol. The van der Waals surface area contributed by atoms with Crippen LogP contribution in [0.4, 0.5) is 0 Å². The summed E-state index contributed by atoms with van der Waals surface area (Å²) < 4.78 is 0. The van der Waals surface area contributed by atoms with Crippen LogP contribution in [0, 0.1) is 5.92 Å². The smallest absolute Gasteiger partial charge is 0.220 e. The first kappa shape index (κ1) is 18.8. The third-order valence-electron chi connectivity index (χ3n) is 4.84. The van der Waals surface area contributed by atoms with Gasteiger partial charge in [0.2, 0.25) is 5.91 Å². The molecule has 0 aliphatic carbocycles. The molecule has 1 aromatic heterocycles. The molecule has 3 rings (SSSR count). The van der Waals surface area contributed by atoms with E-state index < -0.39 is 0 Å². The van der Waals surface area contributed by atoms with Crippen LogP contribution in [0.15, 0.2) is 43.0 Å². The minimum Gasteiger partial charge on any atom is -0.352 e. The number of hydrogen-bond donors (Lipinski definition) is 1. The summed E-state index contributed by atoms with van der Waals surface area (Å²) in [5.41, 5.74) is 2.10. The number of rotatable bonds is 7. The minimum absolute atomic E-state index is 0.0958. The summed E-state index contributed by atoms with van der Waals surface area (Å²) in [7, 11) is 0. The van der Waals surface area contributed by atoms with Crippen LogP contribution in [0.1, 0.15) is 36.8 Å². The van der Waals surface area contributed by atoms with E-state index in [1.54, 1.807) is 6.33 Å². The molecule has 2 heterocycles. The average molecular weight is 373 g/mol. The normalized spacial score (nSPS) is 17.8. The fourth-order valence-electron chi connectivity index (χ4n) is 3.46. The van der Waals surface area contributed by atoms with Crippen LogP contribution in [0.5, 0.6) is 0 Å². The van der Waals surface area contributed by atoms with Crippen molar-refractivity contribution in [2.75, 3.05) is 13.1 Å². The lowest BCUT2D eigenvalue weighted by molar-refractivity contribution is -0.121. The lowest BCUT2D eigenvalue weighted by Gasteiger charge is -2.32. The van der Waals surface area contributed by atoms with Crippen LogP contribution < -0.4 is 5.32 Å². The Morgan fingerprint density at radius 1 is 1.27 bits per heavy atom. The molecule has 1 N–H and O–H groups in total. The molecule has 0 radical (unpaired) electrons. The second kappa shape index (κ2) is 9.64. The molecule has 1 atom stereocenters. The molecule has 1 aliphatic heterocycles. The van der Waals surface area contributed by atoms with E-state index in [0.29, 0.717) is 23.9 Å². The molecule has 2 aromatic rings. The maximum atomic E-state index is 12.2. The number of benzene rings is 1. The number of aromatic nitrogens is 2. The van der Waals surface area contributed by atoms with E-state index in [-0.39, 0.29) is 5.91 Å². The van der Waals surface area contributed by atoms with Gasteiger partial charge in [-0.1, -0.05) is 29.8 Å². The molecular formula is C20H25ClN4O. The van der Waals surface area contributed by atoms with Crippen molar-refractivity contribution >= 4 is 17.5 Å². The van der Waals surface area contributed by atoms with E-state index in [9.17, 15) is 4.79 Å². The van der Waals surface area contributed by atoms with E-state index in [0.717, 1.165) is 37.2 Å². The first-order chi connectivity index (χ1) is 12.7. The van der Waals surface area contributed by atoms with Gasteiger partial charge in [0.05, 0.1) is 0 Å². The molecule has 0 bridgehead atoms. The molecule has 6 heteroatoms. The highest BCUT2D eigenvalue weighted by molar-refractivity contribution is 6.31. The summed E-state index contributed by atoms with van der Waals surface area (Å²) in [6.07, 6.45) is 9.17. The first-order valence-electron chi connectivity index (χ1n) is 9.17. The molecule has 1 aromatic carbocycles. The van der Waals surface area contributed by atoms with Gasteiger partial charge in [-0.2, -0.15) is 0 Å². The van der Waals surface area contributed by atoms with Gasteiger partial charge >= 0.3 is 0 Å². The van der Waals surface area contributed by atoms with Crippen molar-refractivity contribution in [2.24, 2.45) is 5.92 Å². The van der Waals surface area contributed by atoms with Crippen LogP contribution in [-0.4, -0.2) is 33.9 Å². The zero-order valence-corrected chi connectivity index (χ0v) is 15.7. The monoisotopic (exact) mass is 372 g/mol. The zero-order chi connectivity index (χ0) is 18.2. The minimum atomic E-state index is 0.0958. The summed E-state index contributed by atoms with van der Waals surface area (Å²) in [6, 6.07) is 7.61. The number of piperidine rings is 1. The molecule has 0 unspecified atom stereocenters. The van der Waals surface area contributed by atoms with Gasteiger partial charge in [-0.3, -0.25) is 9.69 Å². The van der Waals surface area contributed by atoms with Gasteiger partial charge in [0, 0.05) is 49.0 Å². The summed E-state index contributed by atoms with van der Waals surface area (Å²) in [4.78, 5) is 22.8. The average Bonchev–Trinajstić information content (AvgIpc) is 2.67. The Morgan fingerprint density at radius 3 is 2.88 bits per heavy atom. The summed E-state index contributed by atoms with van der Waals surface area (Å²) >= 11 is 6.12. The molecule has 1 fully saturated rings. The van der Waals surface area contributed by atoms with Crippen molar-refractivity contribution in [3.8, 4) is 0 Å². The van der Waals surface area contributed by atoms with Gasteiger partial charge in [-0.05, 0) is 43.4 Å². The number of amides is 1. The maximum absolute atomic E-state index is 12.2. The Labute approximate surface area is 159 Å². The number of nitrogens with zero attached hydrogens (tertiary/aromatic N) is 3. The van der Waals surface area contributed by atoms with Crippen LogP contribution in [0.2, 0.25) is 5.02 Å². The Morgan fingerprint density at radius 2 is 2.08 bits per heavy atom. The highest BCUT2D eigenvalue weighted by Crippen LogP contribution is 2.22. The number of nitrogens with one attached hydrogen (secondary N) is 1. The number of likely N-dealkylation sites (tertiary alicyclic amines) is 1. The van der Waals surface area contributed by atoms with Crippen LogP contribution in [0.25, 0.3) is 0 Å². The van der Waals surface area contributed by atoms with Crippen molar-refractivity contribution in [1.82, 2.24) is 20.2 Å². The van der Waals surface area contributed by atoms with E-state index in [2.05, 4.69) is 20.2 Å². The van der Waals surface area contributed by atoms with E-state index in [1.165, 1.54) is 12.8 Å². The van der Waals surface area contributed by atoms with Gasteiger partial charge in [-0.15, -0.1) is 0 Å². The molecule has 1 aliphatic rings. The van der Waals surface area contributed by atoms with Crippen molar-refractivity contribution in [3.05, 3.63) is 59.1 Å². The summed E-state index contributed by atoms with van der Waals surface area (Å²) in [5, 5.41) is 3.67. The fraction of sp³-hybridized carbons (Fsp3) is 0.450. The number of carbonyl (C=O) groups excluding carboxylic acids is 1. The molecule has 5 nitrogen and oxygen atoms in total. The third kappa shape index (κ3) is 5.78. The highest BCUT2D eigenvalue weighted by atomic mass is 35.5. The summed E-state index contributed by atoms with van der Waals surface area (Å²) in [6.45, 7) is 3.51. The van der Waals surface area contributed by atoms with Gasteiger partial charge in [-0.25, -0.2) is 9.97 Å². The predicted molar refractivity (Wildman–Crippen MR) is 103 cm³/mol. The van der Waals surface area contributed by atoms with Crippen molar-refractivity contribution in [1.29, 1.82) is 0 Å². The molecule has 26 heavy (non-hydrogen) atoms. The van der Waals surface area contributed by atoms with Gasteiger partial charge in [0.1, 0.15) is 6.33 Å². The van der Waals surface area contributed by atoms with Crippen LogP contribution in [0.3, 0.4) is 0 Å². The van der Waals surface area contributed by atoms with Gasteiger partial charge in [0.15, 0.2) is 0 Å². The Bertz CT molecular complexity index is 710. The lowest BCUT2D eigenvalue weighted by atomic mass is 9.93. The Balaban J connectivity index is 1.39. The molecule has 0 saturated carbocycles. The van der Waals surface area contributed by atoms with Crippen molar-refractivity contribution < 1.29 is 4.79 Å². The standard InChI is InChI=1S/C20H25ClN4O/c21-19-6-2-1-5-18(19)12-24-20(26)8-7-16-4-3-9-25(13-16)14-17-10-22-15-23-11-17/h1-2,5-6,10-11,15-16H,3-4,7-9,12-14H2,(H,24,26)/t16-/m0/s1. The van der Waals surface area contributed by atoms with Gasteiger partial charge in [0.25, 0.3) is 0 Å². The van der Waals surface area contributed by atoms with E-state index >= 15 is 0 Å². The van der Waals surface area contributed by atoms with Crippen LogP contribution in [-0.2, 0) is 17.9 Å². The predicted octanol–water partition coefficient (Wildman–Crippen LogP) is 3.44. The fourth-order valence-corrected chi connectivity index (χ4v) is 3.66. The second-order valence-electron chi connectivity index (χ2n) is 6.90. The SMILES string of the molecule is O=C(CC[C@@H]1CCCN(Cc2cncnc2)C1)NCc1ccccc1Cl. The lowest BCUT2D eigenvalue weighted by Crippen LogP contribution is -2.35. The Kier molecular flexibility index (Phi) is 6.97. The topological polar surface area (TPSA) is 58.1 Å². The third-order valence-corrected chi connectivity index (χ3v) is 5.21. The van der Waals surface area contributed by atoms with Crippen molar-refractivity contribution in [2.45, 2.75) is 38.8 Å². The maximum Gasteiger partial charge on any atom is 0.220 e. The highest BCUT2D eigenvalue weighted by Gasteiger charge is 2.20. The molecule has 138 valence electrons. The quantitative estimate of drug-likeness (QED) is 0.808. The first-order valence-corrected chi connectivity index (χ1v) is 9.55. The molecule has 0 spiro atoms. The van der Waals surface area contributed by atoms with E-state index in [1.807, 2.05) is 36.7 Å². The summed E-state index contributed by atoms with van der Waals surface area (Å²) in [5.74, 6) is 0.665. The molecule has 1 saturated heterocycles. The second-order valence-corrected chi connectivity index (χ2v) is 7.30. The van der Waals surface area contributed by atoms with Crippen molar-refractivity contribution in [3.63, 3.8) is 0 Å². The number of carbonyl (C=O) groups is 1. The largest absolute Gasteiger partial charge is 0.352 e. The van der Waals surface area contributed by atoms with E-state index in [4.69, 9.17) is 11.6 Å². The Hall–Kier alpha value is -1.98. The zero-order valence-electron chi connectivity index (χ0n) is 14.9. The van der Waals surface area contributed by atoms with Crippen LogP contribution >= 0.6 is 11.6 Å². The molecule has 1 amide bonds. The van der Waals surface area contributed by atoms with Gasteiger partial charge < -0.3 is 5.32 Å². The number of halogens is 1. The number of hydrogen-bond acceptors (Lipinski definition) is 4.